The molecule has 1 aromatic rings. The van der Waals surface area contributed by atoms with E-state index in [-0.39, 0.29) is 12.2 Å². The average molecular weight is 329 g/mol. The van der Waals surface area contributed by atoms with E-state index in [4.69, 9.17) is 13.9 Å². The van der Waals surface area contributed by atoms with Gasteiger partial charge < -0.3 is 9.05 Å². The van der Waals surface area contributed by atoms with E-state index in [0.29, 0.717) is 6.42 Å². The molecular weight excluding hydrogens is 301 g/mol. The number of rotatable bonds is 10. The standard InChI is InChI=1S/C16H28NO4P/c1-6-10-16(19-17-15-11-8-7-9-12-15)22(18,20-13(2)3)21-14(4)5/h7-9,11-14,16-17H,6,10H2,1-5H3. The molecular formula is C16H28NO4P. The number of nitrogens with one attached hydrogen (secondary N) is 1. The Balaban J connectivity index is 2.85. The SMILES string of the molecule is CCCC(ONc1ccccc1)P(=O)(OC(C)C)OC(C)C. The summed E-state index contributed by atoms with van der Waals surface area (Å²) in [7, 11) is -3.38. The Bertz CT molecular complexity index is 450. The lowest BCUT2D eigenvalue weighted by molar-refractivity contribution is 0.0733. The Morgan fingerprint density at radius 3 is 2.05 bits per heavy atom. The smallest absolute Gasteiger partial charge is 0.304 e. The zero-order valence-electron chi connectivity index (χ0n) is 14.1. The van der Waals surface area contributed by atoms with Crippen LogP contribution in [0.15, 0.2) is 30.3 Å². The van der Waals surface area contributed by atoms with Gasteiger partial charge in [0, 0.05) is 0 Å². The Hall–Kier alpha value is -0.870. The number of benzene rings is 1. The molecule has 0 saturated heterocycles. The van der Waals surface area contributed by atoms with Gasteiger partial charge in [-0.25, -0.2) is 0 Å². The zero-order chi connectivity index (χ0) is 16.6. The second-order valence-corrected chi connectivity index (χ2v) is 7.75. The largest absolute Gasteiger partial charge is 0.362 e. The van der Waals surface area contributed by atoms with Crippen molar-refractivity contribution in [3.8, 4) is 0 Å². The highest BCUT2D eigenvalue weighted by Gasteiger charge is 2.39. The van der Waals surface area contributed by atoms with Crippen LogP contribution in [-0.2, 0) is 18.5 Å². The van der Waals surface area contributed by atoms with E-state index in [1.807, 2.05) is 65.0 Å². The summed E-state index contributed by atoms with van der Waals surface area (Å²) in [5, 5.41) is 0. The van der Waals surface area contributed by atoms with Crippen molar-refractivity contribution in [2.75, 3.05) is 5.48 Å². The van der Waals surface area contributed by atoms with Crippen LogP contribution < -0.4 is 5.48 Å². The van der Waals surface area contributed by atoms with Gasteiger partial charge in [-0.05, 0) is 46.2 Å². The summed E-state index contributed by atoms with van der Waals surface area (Å²) in [6.07, 6.45) is 0.985. The number of para-hydroxylation sites is 1. The van der Waals surface area contributed by atoms with Crippen molar-refractivity contribution in [1.29, 1.82) is 0 Å². The highest BCUT2D eigenvalue weighted by Crippen LogP contribution is 2.56. The zero-order valence-corrected chi connectivity index (χ0v) is 15.0. The first-order valence-corrected chi connectivity index (χ1v) is 9.41. The maximum atomic E-state index is 13.1. The van der Waals surface area contributed by atoms with Crippen LogP contribution in [0.2, 0.25) is 0 Å². The fourth-order valence-corrected chi connectivity index (χ4v) is 4.17. The molecule has 1 rings (SSSR count). The van der Waals surface area contributed by atoms with Gasteiger partial charge in [-0.2, -0.15) is 0 Å². The summed E-state index contributed by atoms with van der Waals surface area (Å²) in [6, 6.07) is 9.47. The molecule has 0 spiro atoms. The van der Waals surface area contributed by atoms with Crippen LogP contribution >= 0.6 is 7.60 Å². The first-order chi connectivity index (χ1) is 10.4. The molecule has 1 atom stereocenters. The predicted molar refractivity (Wildman–Crippen MR) is 89.9 cm³/mol. The monoisotopic (exact) mass is 329 g/mol. The van der Waals surface area contributed by atoms with Gasteiger partial charge in [0.15, 0.2) is 5.85 Å². The van der Waals surface area contributed by atoms with E-state index in [1.165, 1.54) is 0 Å². The molecule has 0 aromatic heterocycles. The average Bonchev–Trinajstić information content (AvgIpc) is 2.42. The highest BCUT2D eigenvalue weighted by atomic mass is 31.2. The molecule has 1 aromatic carbocycles. The van der Waals surface area contributed by atoms with Crippen LogP contribution in [0.3, 0.4) is 0 Å². The number of hydrogen-bond donors (Lipinski definition) is 1. The van der Waals surface area contributed by atoms with Crippen LogP contribution in [0.5, 0.6) is 0 Å². The van der Waals surface area contributed by atoms with E-state index in [1.54, 1.807) is 0 Å². The van der Waals surface area contributed by atoms with E-state index in [9.17, 15) is 4.57 Å². The van der Waals surface area contributed by atoms with E-state index >= 15 is 0 Å². The molecule has 0 heterocycles. The molecule has 0 bridgehead atoms. The molecule has 0 aliphatic heterocycles. The summed E-state index contributed by atoms with van der Waals surface area (Å²) in [6.45, 7) is 9.36. The Morgan fingerprint density at radius 1 is 1.05 bits per heavy atom. The summed E-state index contributed by atoms with van der Waals surface area (Å²) in [4.78, 5) is 5.67. The van der Waals surface area contributed by atoms with Gasteiger partial charge in [0.25, 0.3) is 0 Å². The summed E-state index contributed by atoms with van der Waals surface area (Å²) in [5.74, 6) is -0.650. The molecule has 0 aliphatic rings. The van der Waals surface area contributed by atoms with Crippen LogP contribution in [0.25, 0.3) is 0 Å². The molecule has 0 radical (unpaired) electrons. The molecule has 22 heavy (non-hydrogen) atoms. The van der Waals surface area contributed by atoms with Gasteiger partial charge in [0.05, 0.1) is 17.9 Å². The van der Waals surface area contributed by atoms with Gasteiger partial charge in [-0.3, -0.25) is 14.9 Å². The first-order valence-electron chi connectivity index (χ1n) is 7.80. The van der Waals surface area contributed by atoms with Gasteiger partial charge >= 0.3 is 7.60 Å². The Kier molecular flexibility index (Phi) is 8.12. The molecule has 1 N–H and O–H groups in total. The molecule has 0 amide bonds. The van der Waals surface area contributed by atoms with Crippen LogP contribution in [0.4, 0.5) is 5.69 Å². The minimum absolute atomic E-state index is 0.204. The minimum atomic E-state index is -3.38. The van der Waals surface area contributed by atoms with Crippen molar-refractivity contribution < 1.29 is 18.5 Å². The molecule has 5 nitrogen and oxygen atoms in total. The third kappa shape index (κ3) is 6.49. The molecule has 1 unspecified atom stereocenters. The predicted octanol–water partition coefficient (Wildman–Crippen LogP) is 5.20. The fraction of sp³-hybridized carbons (Fsp3) is 0.625. The van der Waals surface area contributed by atoms with Gasteiger partial charge in [0.1, 0.15) is 0 Å². The second kappa shape index (κ2) is 9.31. The molecule has 126 valence electrons. The lowest BCUT2D eigenvalue weighted by Gasteiger charge is -2.29. The molecule has 6 heteroatoms. The molecule has 0 saturated carbocycles. The summed E-state index contributed by atoms with van der Waals surface area (Å²) < 4.78 is 24.4. The second-order valence-electron chi connectivity index (χ2n) is 5.68. The van der Waals surface area contributed by atoms with Crippen LogP contribution in [0.1, 0.15) is 47.5 Å². The van der Waals surface area contributed by atoms with Crippen LogP contribution in [0, 0.1) is 0 Å². The number of hydrogen-bond acceptors (Lipinski definition) is 5. The minimum Gasteiger partial charge on any atom is -0.304 e. The maximum Gasteiger partial charge on any atom is 0.362 e. The maximum absolute atomic E-state index is 13.1. The fourth-order valence-electron chi connectivity index (χ4n) is 1.92. The topological polar surface area (TPSA) is 56.8 Å². The Labute approximate surface area is 133 Å². The quantitative estimate of drug-likeness (QED) is 0.472. The van der Waals surface area contributed by atoms with Crippen molar-refractivity contribution in [3.63, 3.8) is 0 Å². The van der Waals surface area contributed by atoms with Gasteiger partial charge in [-0.15, -0.1) is 0 Å². The van der Waals surface area contributed by atoms with Crippen molar-refractivity contribution in [2.24, 2.45) is 0 Å². The van der Waals surface area contributed by atoms with E-state index < -0.39 is 13.4 Å². The molecule has 0 fully saturated rings. The van der Waals surface area contributed by atoms with Gasteiger partial charge in [0.2, 0.25) is 0 Å². The van der Waals surface area contributed by atoms with Crippen molar-refractivity contribution >= 4 is 13.3 Å². The number of anilines is 1. The van der Waals surface area contributed by atoms with E-state index in [2.05, 4.69) is 5.48 Å². The van der Waals surface area contributed by atoms with E-state index in [0.717, 1.165) is 12.1 Å². The summed E-state index contributed by atoms with van der Waals surface area (Å²) in [5.41, 5.74) is 3.65. The third-order valence-corrected chi connectivity index (χ3v) is 5.19. The molecule has 0 aliphatic carbocycles. The highest BCUT2D eigenvalue weighted by molar-refractivity contribution is 7.54. The normalized spacial score (nSPS) is 13.6. The lowest BCUT2D eigenvalue weighted by Crippen LogP contribution is -2.23. The first kappa shape index (κ1) is 19.2. The summed E-state index contributed by atoms with van der Waals surface area (Å²) >= 11 is 0. The lowest BCUT2D eigenvalue weighted by atomic mass is 10.3. The van der Waals surface area contributed by atoms with Crippen molar-refractivity contribution in [1.82, 2.24) is 0 Å². The van der Waals surface area contributed by atoms with Crippen molar-refractivity contribution in [3.05, 3.63) is 30.3 Å². The Morgan fingerprint density at radius 2 is 1.59 bits per heavy atom. The third-order valence-electron chi connectivity index (χ3n) is 2.69. The van der Waals surface area contributed by atoms with Crippen LogP contribution in [-0.4, -0.2) is 18.1 Å². The van der Waals surface area contributed by atoms with Gasteiger partial charge in [-0.1, -0.05) is 31.5 Å². The van der Waals surface area contributed by atoms with Crippen molar-refractivity contribution in [2.45, 2.75) is 65.5 Å².